The minimum atomic E-state index is -0.341. The maximum Gasteiger partial charge on any atom is 0.272 e. The number of anilines is 1. The molecule has 0 atom stereocenters. The van der Waals surface area contributed by atoms with Gasteiger partial charge in [-0.1, -0.05) is 35.9 Å². The average Bonchev–Trinajstić information content (AvgIpc) is 2.50. The molecule has 1 heterocycles. The van der Waals surface area contributed by atoms with E-state index in [2.05, 4.69) is 15.5 Å². The van der Waals surface area contributed by atoms with Crippen molar-refractivity contribution in [2.24, 2.45) is 0 Å². The van der Waals surface area contributed by atoms with Crippen molar-refractivity contribution >= 4 is 28.1 Å². The van der Waals surface area contributed by atoms with Crippen LogP contribution in [0.25, 0.3) is 10.8 Å². The van der Waals surface area contributed by atoms with E-state index in [4.69, 9.17) is 11.6 Å². The zero-order valence-corrected chi connectivity index (χ0v) is 11.7. The zero-order valence-electron chi connectivity index (χ0n) is 10.9. The van der Waals surface area contributed by atoms with Gasteiger partial charge in [-0.05, 0) is 23.8 Å². The summed E-state index contributed by atoms with van der Waals surface area (Å²) in [6.45, 7) is 0.463. The van der Waals surface area contributed by atoms with Crippen LogP contribution in [0, 0.1) is 0 Å². The fourth-order valence-electron chi connectivity index (χ4n) is 2.21. The molecule has 0 aliphatic carbocycles. The molecule has 3 rings (SSSR count). The molecule has 3 N–H and O–H groups in total. The number of hydrogen-bond donors (Lipinski definition) is 3. The first kappa shape index (κ1) is 13.5. The van der Waals surface area contributed by atoms with Crippen LogP contribution < -0.4 is 16.4 Å². The van der Waals surface area contributed by atoms with Gasteiger partial charge < -0.3 is 5.32 Å². The Morgan fingerprint density at radius 3 is 2.52 bits per heavy atom. The Balaban J connectivity index is 2.02. The number of hydrogen-bond acceptors (Lipinski definition) is 3. The van der Waals surface area contributed by atoms with Crippen LogP contribution >= 0.6 is 11.6 Å². The number of aromatic nitrogens is 2. The maximum atomic E-state index is 11.9. The molecule has 0 fully saturated rings. The van der Waals surface area contributed by atoms with E-state index < -0.39 is 0 Å². The van der Waals surface area contributed by atoms with Crippen LogP contribution in [0.2, 0.25) is 5.02 Å². The SMILES string of the molecule is O=c1[nH][nH]c(=O)c2c(NCc3ccccc3Cl)cccc12. The first-order valence-electron chi connectivity index (χ1n) is 6.38. The summed E-state index contributed by atoms with van der Waals surface area (Å²) in [4.78, 5) is 23.7. The Bertz CT molecular complexity index is 914. The van der Waals surface area contributed by atoms with Crippen LogP contribution in [0.3, 0.4) is 0 Å². The van der Waals surface area contributed by atoms with Gasteiger partial charge in [0.05, 0.1) is 10.8 Å². The van der Waals surface area contributed by atoms with E-state index in [1.165, 1.54) is 0 Å². The molecule has 0 aliphatic heterocycles. The normalized spacial score (nSPS) is 10.7. The van der Waals surface area contributed by atoms with Crippen LogP contribution in [0.15, 0.2) is 52.1 Å². The third-order valence-electron chi connectivity index (χ3n) is 3.25. The molecule has 21 heavy (non-hydrogen) atoms. The Kier molecular flexibility index (Phi) is 3.50. The predicted molar refractivity (Wildman–Crippen MR) is 84.0 cm³/mol. The number of H-pyrrole nitrogens is 2. The second kappa shape index (κ2) is 5.46. The molecule has 6 heteroatoms. The average molecular weight is 302 g/mol. The van der Waals surface area contributed by atoms with Crippen molar-refractivity contribution in [3.05, 3.63) is 73.8 Å². The molecule has 0 unspecified atom stereocenters. The second-order valence-electron chi connectivity index (χ2n) is 4.58. The van der Waals surface area contributed by atoms with Crippen LogP contribution in [0.4, 0.5) is 5.69 Å². The highest BCUT2D eigenvalue weighted by Crippen LogP contribution is 2.20. The number of fused-ring (bicyclic) bond motifs is 1. The van der Waals surface area contributed by atoms with E-state index in [1.54, 1.807) is 24.3 Å². The van der Waals surface area contributed by atoms with Gasteiger partial charge in [-0.2, -0.15) is 0 Å². The Labute approximate surface area is 124 Å². The van der Waals surface area contributed by atoms with E-state index in [9.17, 15) is 9.59 Å². The first-order chi connectivity index (χ1) is 10.2. The summed E-state index contributed by atoms with van der Waals surface area (Å²) in [5.41, 5.74) is 0.843. The number of benzene rings is 2. The molecule has 3 aromatic rings. The summed E-state index contributed by atoms with van der Waals surface area (Å²) < 4.78 is 0. The van der Waals surface area contributed by atoms with Crippen molar-refractivity contribution in [1.82, 2.24) is 10.2 Å². The molecular formula is C15H12ClN3O2. The lowest BCUT2D eigenvalue weighted by Crippen LogP contribution is -2.20. The Hall–Kier alpha value is -2.53. The molecule has 0 radical (unpaired) electrons. The zero-order chi connectivity index (χ0) is 14.8. The van der Waals surface area contributed by atoms with E-state index in [0.29, 0.717) is 28.0 Å². The predicted octanol–water partition coefficient (Wildman–Crippen LogP) is 2.48. The van der Waals surface area contributed by atoms with E-state index in [1.807, 2.05) is 18.2 Å². The van der Waals surface area contributed by atoms with Gasteiger partial charge in [-0.25, -0.2) is 0 Å². The lowest BCUT2D eigenvalue weighted by molar-refractivity contribution is 0.976. The minimum absolute atomic E-state index is 0.328. The molecule has 106 valence electrons. The van der Waals surface area contributed by atoms with E-state index >= 15 is 0 Å². The molecule has 0 saturated heterocycles. The van der Waals surface area contributed by atoms with Gasteiger partial charge in [-0.3, -0.25) is 19.8 Å². The van der Waals surface area contributed by atoms with Crippen molar-refractivity contribution in [1.29, 1.82) is 0 Å². The molecule has 0 spiro atoms. The second-order valence-corrected chi connectivity index (χ2v) is 4.99. The van der Waals surface area contributed by atoms with Crippen molar-refractivity contribution in [3.8, 4) is 0 Å². The van der Waals surface area contributed by atoms with Crippen LogP contribution in [-0.2, 0) is 6.54 Å². The van der Waals surface area contributed by atoms with Gasteiger partial charge in [0, 0.05) is 17.3 Å². The topological polar surface area (TPSA) is 77.8 Å². The largest absolute Gasteiger partial charge is 0.380 e. The van der Waals surface area contributed by atoms with Crippen molar-refractivity contribution < 1.29 is 0 Å². The summed E-state index contributed by atoms with van der Waals surface area (Å²) in [6, 6.07) is 12.6. The standard InChI is InChI=1S/C15H12ClN3O2/c16-11-6-2-1-4-9(11)8-17-12-7-3-5-10-13(12)15(21)19-18-14(10)20/h1-7,17H,8H2,(H,18,20)(H,19,21). The van der Waals surface area contributed by atoms with Crippen LogP contribution in [0.1, 0.15) is 5.56 Å². The first-order valence-corrected chi connectivity index (χ1v) is 6.75. The fourth-order valence-corrected chi connectivity index (χ4v) is 2.41. The molecule has 5 nitrogen and oxygen atoms in total. The highest BCUT2D eigenvalue weighted by Gasteiger charge is 2.08. The van der Waals surface area contributed by atoms with E-state index in [-0.39, 0.29) is 11.1 Å². The Morgan fingerprint density at radius 1 is 0.952 bits per heavy atom. The third kappa shape index (κ3) is 2.55. The number of rotatable bonds is 3. The maximum absolute atomic E-state index is 11.9. The fraction of sp³-hybridized carbons (Fsp3) is 0.0667. The smallest absolute Gasteiger partial charge is 0.272 e. The van der Waals surface area contributed by atoms with Gasteiger partial charge in [0.2, 0.25) is 0 Å². The summed E-state index contributed by atoms with van der Waals surface area (Å²) in [7, 11) is 0. The monoisotopic (exact) mass is 301 g/mol. The number of halogens is 1. The lowest BCUT2D eigenvalue weighted by Gasteiger charge is -2.10. The summed E-state index contributed by atoms with van der Waals surface area (Å²) in [5, 5.41) is 9.14. The number of nitrogens with one attached hydrogen (secondary N) is 3. The molecule has 0 amide bonds. The van der Waals surface area contributed by atoms with Gasteiger partial charge >= 0.3 is 0 Å². The summed E-state index contributed by atoms with van der Waals surface area (Å²) in [6.07, 6.45) is 0. The molecule has 0 bridgehead atoms. The van der Waals surface area contributed by atoms with Crippen molar-refractivity contribution in [2.75, 3.05) is 5.32 Å². The van der Waals surface area contributed by atoms with Gasteiger partial charge in [0.15, 0.2) is 0 Å². The van der Waals surface area contributed by atoms with Crippen molar-refractivity contribution in [3.63, 3.8) is 0 Å². The summed E-state index contributed by atoms with van der Waals surface area (Å²) in [5.74, 6) is 0. The highest BCUT2D eigenvalue weighted by molar-refractivity contribution is 6.31. The van der Waals surface area contributed by atoms with E-state index in [0.717, 1.165) is 5.56 Å². The van der Waals surface area contributed by atoms with Gasteiger partial charge in [0.25, 0.3) is 11.1 Å². The van der Waals surface area contributed by atoms with Crippen LogP contribution in [-0.4, -0.2) is 10.2 Å². The van der Waals surface area contributed by atoms with Crippen LogP contribution in [0.5, 0.6) is 0 Å². The lowest BCUT2D eigenvalue weighted by atomic mass is 10.1. The minimum Gasteiger partial charge on any atom is -0.380 e. The molecule has 0 aliphatic rings. The Morgan fingerprint density at radius 2 is 1.71 bits per heavy atom. The molecule has 1 aromatic heterocycles. The van der Waals surface area contributed by atoms with Gasteiger partial charge in [-0.15, -0.1) is 0 Å². The van der Waals surface area contributed by atoms with Crippen molar-refractivity contribution in [2.45, 2.75) is 6.54 Å². The summed E-state index contributed by atoms with van der Waals surface area (Å²) >= 11 is 6.10. The highest BCUT2D eigenvalue weighted by atomic mass is 35.5. The third-order valence-corrected chi connectivity index (χ3v) is 3.62. The number of aromatic amines is 2. The quantitative estimate of drug-likeness (QED) is 0.695. The molecule has 0 saturated carbocycles. The van der Waals surface area contributed by atoms with Gasteiger partial charge in [0.1, 0.15) is 0 Å². The molecule has 2 aromatic carbocycles. The molecular weight excluding hydrogens is 290 g/mol.